The van der Waals surface area contributed by atoms with E-state index in [1.54, 1.807) is 0 Å². The van der Waals surface area contributed by atoms with Crippen LogP contribution in [0, 0.1) is 5.92 Å². The SMILES string of the molecule is OP(O)CP(O)OCC1CCC(c2ccc3c(NCC4CCC4)nc(Cl)nc3c2)O1. The minimum absolute atomic E-state index is 0.0825. The number of ether oxygens (including phenoxy) is 1. The first-order valence-corrected chi connectivity index (χ1v) is 13.3. The summed E-state index contributed by atoms with van der Waals surface area (Å²) < 4.78 is 11.4. The van der Waals surface area contributed by atoms with Crippen molar-refractivity contribution >= 4 is 45.1 Å². The number of rotatable bonds is 9. The summed E-state index contributed by atoms with van der Waals surface area (Å²) in [6, 6.07) is 6.04. The summed E-state index contributed by atoms with van der Waals surface area (Å²) in [6.45, 7) is 1.14. The largest absolute Gasteiger partial charge is 0.369 e. The number of aromatic nitrogens is 2. The van der Waals surface area contributed by atoms with Gasteiger partial charge < -0.3 is 29.3 Å². The maximum Gasteiger partial charge on any atom is 0.224 e. The Hall–Kier alpha value is -0.690. The van der Waals surface area contributed by atoms with Gasteiger partial charge in [-0.05, 0) is 60.9 Å². The van der Waals surface area contributed by atoms with Crippen molar-refractivity contribution in [3.8, 4) is 0 Å². The molecule has 0 spiro atoms. The van der Waals surface area contributed by atoms with Crippen molar-refractivity contribution in [2.45, 2.75) is 44.3 Å². The third-order valence-corrected chi connectivity index (χ3v) is 8.21. The molecule has 1 saturated heterocycles. The summed E-state index contributed by atoms with van der Waals surface area (Å²) >= 11 is 6.16. The third-order valence-electron chi connectivity index (χ3n) is 5.61. The normalized spacial score (nSPS) is 23.1. The van der Waals surface area contributed by atoms with E-state index in [1.165, 1.54) is 19.3 Å². The summed E-state index contributed by atoms with van der Waals surface area (Å²) in [7, 11) is -3.98. The molecule has 4 rings (SSSR count). The number of halogens is 1. The molecule has 0 radical (unpaired) electrons. The Kier molecular flexibility index (Phi) is 7.71. The Morgan fingerprint density at radius 1 is 1.17 bits per heavy atom. The molecule has 1 saturated carbocycles. The summed E-state index contributed by atoms with van der Waals surface area (Å²) in [6.07, 6.45) is 5.24. The Balaban J connectivity index is 1.39. The van der Waals surface area contributed by atoms with E-state index in [4.69, 9.17) is 30.6 Å². The topological polar surface area (TPSA) is 117 Å². The van der Waals surface area contributed by atoms with E-state index >= 15 is 0 Å². The van der Waals surface area contributed by atoms with Gasteiger partial charge in [0.2, 0.25) is 5.28 Å². The first kappa shape index (κ1) is 22.5. The molecule has 4 N–H and O–H groups in total. The molecule has 1 aromatic carbocycles. The predicted molar refractivity (Wildman–Crippen MR) is 119 cm³/mol. The first-order chi connectivity index (χ1) is 14.5. The minimum Gasteiger partial charge on any atom is -0.369 e. The molecule has 3 unspecified atom stereocenters. The summed E-state index contributed by atoms with van der Waals surface area (Å²) in [5, 5.41) is 4.59. The fourth-order valence-corrected chi connectivity index (χ4v) is 5.49. The van der Waals surface area contributed by atoms with Gasteiger partial charge in [0.1, 0.15) is 5.82 Å². The van der Waals surface area contributed by atoms with Crippen molar-refractivity contribution in [1.29, 1.82) is 0 Å². The monoisotopic (exact) mass is 473 g/mol. The van der Waals surface area contributed by atoms with Crippen LogP contribution in [0.15, 0.2) is 18.2 Å². The second kappa shape index (κ2) is 10.3. The van der Waals surface area contributed by atoms with Gasteiger partial charge in [-0.3, -0.25) is 0 Å². The van der Waals surface area contributed by atoms with Gasteiger partial charge in [0.05, 0.1) is 30.2 Å². The number of nitrogens with zero attached hydrogens (tertiary/aromatic N) is 2. The molecule has 1 aliphatic carbocycles. The zero-order valence-electron chi connectivity index (χ0n) is 16.4. The van der Waals surface area contributed by atoms with E-state index < -0.39 is 16.8 Å². The number of nitrogens with one attached hydrogen (secondary N) is 1. The van der Waals surface area contributed by atoms with Crippen molar-refractivity contribution in [3.05, 3.63) is 29.0 Å². The standard InChI is InChI=1S/C19H26ClN3O5P2/c20-19-22-16-8-13(4-6-15(16)18(23-19)21-9-12-2-1-3-12)17-7-5-14(28-17)10-27-30(26)11-29(24)25/h4,6,8,12,14,17,24-26H,1-3,5,7,9-11H2,(H,21,22,23). The van der Waals surface area contributed by atoms with Gasteiger partial charge in [-0.15, -0.1) is 0 Å². The van der Waals surface area contributed by atoms with Crippen LogP contribution in [-0.4, -0.2) is 49.8 Å². The zero-order valence-corrected chi connectivity index (χ0v) is 19.0. The van der Waals surface area contributed by atoms with E-state index in [0.717, 1.165) is 41.7 Å². The third kappa shape index (κ3) is 5.76. The average molecular weight is 474 g/mol. The highest BCUT2D eigenvalue weighted by Gasteiger charge is 2.28. The molecule has 0 amide bonds. The number of anilines is 1. The van der Waals surface area contributed by atoms with E-state index in [2.05, 4.69) is 15.3 Å². The Labute approximate surface area is 182 Å². The van der Waals surface area contributed by atoms with E-state index in [9.17, 15) is 4.89 Å². The maximum atomic E-state index is 9.68. The Morgan fingerprint density at radius 2 is 2.00 bits per heavy atom. The fraction of sp³-hybridized carbons (Fsp3) is 0.579. The lowest BCUT2D eigenvalue weighted by molar-refractivity contribution is 0.0178. The molecular formula is C19H26ClN3O5P2. The highest BCUT2D eigenvalue weighted by molar-refractivity contribution is 7.63. The van der Waals surface area contributed by atoms with Crippen LogP contribution in [0.2, 0.25) is 5.28 Å². The molecule has 2 aromatic rings. The highest BCUT2D eigenvalue weighted by Crippen LogP contribution is 2.45. The van der Waals surface area contributed by atoms with Gasteiger partial charge in [0.15, 0.2) is 16.8 Å². The van der Waals surface area contributed by atoms with Crippen LogP contribution in [0.3, 0.4) is 0 Å². The minimum atomic E-state index is -2.15. The maximum absolute atomic E-state index is 9.68. The zero-order chi connectivity index (χ0) is 21.1. The van der Waals surface area contributed by atoms with Crippen LogP contribution in [-0.2, 0) is 9.26 Å². The first-order valence-electron chi connectivity index (χ1n) is 10.1. The van der Waals surface area contributed by atoms with E-state index in [-0.39, 0.29) is 30.0 Å². The van der Waals surface area contributed by atoms with E-state index in [1.807, 2.05) is 18.2 Å². The molecule has 8 nitrogen and oxygen atoms in total. The lowest BCUT2D eigenvalue weighted by Gasteiger charge is -2.25. The molecule has 1 aromatic heterocycles. The van der Waals surface area contributed by atoms with Gasteiger partial charge >= 0.3 is 0 Å². The number of benzene rings is 1. The van der Waals surface area contributed by atoms with Crippen LogP contribution in [0.1, 0.15) is 43.8 Å². The molecule has 2 aliphatic rings. The fourth-order valence-electron chi connectivity index (χ4n) is 3.78. The Morgan fingerprint density at radius 3 is 2.73 bits per heavy atom. The van der Waals surface area contributed by atoms with Gasteiger partial charge in [0, 0.05) is 11.9 Å². The number of hydrogen-bond acceptors (Lipinski definition) is 8. The van der Waals surface area contributed by atoms with Gasteiger partial charge in [-0.2, -0.15) is 0 Å². The average Bonchev–Trinajstić information content (AvgIpc) is 3.13. The number of fused-ring (bicyclic) bond motifs is 1. The van der Waals surface area contributed by atoms with Gasteiger partial charge in [-0.1, -0.05) is 12.5 Å². The predicted octanol–water partition coefficient (Wildman–Crippen LogP) is 4.29. The highest BCUT2D eigenvalue weighted by atomic mass is 35.5. The van der Waals surface area contributed by atoms with Gasteiger partial charge in [-0.25, -0.2) is 9.97 Å². The smallest absolute Gasteiger partial charge is 0.224 e. The van der Waals surface area contributed by atoms with Crippen LogP contribution in [0.4, 0.5) is 5.82 Å². The van der Waals surface area contributed by atoms with Crippen LogP contribution in [0.25, 0.3) is 10.9 Å². The lowest BCUT2D eigenvalue weighted by Crippen LogP contribution is -2.21. The molecule has 2 heterocycles. The van der Waals surface area contributed by atoms with Crippen molar-refractivity contribution < 1.29 is 23.9 Å². The molecule has 2 fully saturated rings. The molecule has 1 aliphatic heterocycles. The quantitative estimate of drug-likeness (QED) is 0.315. The summed E-state index contributed by atoms with van der Waals surface area (Å²) in [5.41, 5.74) is 1.80. The second-order valence-electron chi connectivity index (χ2n) is 7.78. The molecular weight excluding hydrogens is 448 g/mol. The van der Waals surface area contributed by atoms with Gasteiger partial charge in [0.25, 0.3) is 0 Å². The molecule has 0 bridgehead atoms. The second-order valence-corrected chi connectivity index (χ2v) is 11.0. The van der Waals surface area contributed by atoms with Crippen molar-refractivity contribution in [2.75, 3.05) is 24.4 Å². The van der Waals surface area contributed by atoms with Crippen molar-refractivity contribution in [3.63, 3.8) is 0 Å². The van der Waals surface area contributed by atoms with Crippen LogP contribution in [0.5, 0.6) is 0 Å². The summed E-state index contributed by atoms with van der Waals surface area (Å²) in [5.74, 6) is 1.36. The van der Waals surface area contributed by atoms with Crippen molar-refractivity contribution in [1.82, 2.24) is 9.97 Å². The lowest BCUT2D eigenvalue weighted by atomic mass is 9.85. The van der Waals surface area contributed by atoms with Crippen molar-refractivity contribution in [2.24, 2.45) is 5.92 Å². The number of hydrogen-bond donors (Lipinski definition) is 4. The molecule has 164 valence electrons. The molecule has 30 heavy (non-hydrogen) atoms. The van der Waals surface area contributed by atoms with E-state index in [0.29, 0.717) is 5.92 Å². The van der Waals surface area contributed by atoms with Crippen LogP contribution < -0.4 is 5.32 Å². The Bertz CT molecular complexity index is 873. The van der Waals surface area contributed by atoms with Crippen LogP contribution >= 0.6 is 28.4 Å². The molecule has 3 atom stereocenters. The molecule has 11 heteroatoms. The summed E-state index contributed by atoms with van der Waals surface area (Å²) in [4.78, 5) is 36.3.